The summed E-state index contributed by atoms with van der Waals surface area (Å²) in [7, 11) is 2.13. The molecule has 1 aliphatic rings. The van der Waals surface area contributed by atoms with E-state index < -0.39 is 0 Å². The van der Waals surface area contributed by atoms with Crippen molar-refractivity contribution in [1.82, 2.24) is 4.90 Å². The Balaban J connectivity index is 2.01. The lowest BCUT2D eigenvalue weighted by Crippen LogP contribution is -2.51. The van der Waals surface area contributed by atoms with Crippen LogP contribution in [-0.2, 0) is 11.3 Å². The molecular formula is C14H22N2O. The Labute approximate surface area is 104 Å². The van der Waals surface area contributed by atoms with Crippen LogP contribution in [0.4, 0.5) is 0 Å². The van der Waals surface area contributed by atoms with Crippen LogP contribution in [0.25, 0.3) is 0 Å². The summed E-state index contributed by atoms with van der Waals surface area (Å²) in [6.07, 6.45) is 0.961. The van der Waals surface area contributed by atoms with Crippen molar-refractivity contribution in [3.05, 3.63) is 35.4 Å². The topological polar surface area (TPSA) is 38.5 Å². The van der Waals surface area contributed by atoms with Crippen LogP contribution in [0.3, 0.4) is 0 Å². The van der Waals surface area contributed by atoms with Gasteiger partial charge in [0, 0.05) is 25.2 Å². The highest BCUT2D eigenvalue weighted by atomic mass is 16.5. The third kappa shape index (κ3) is 3.06. The van der Waals surface area contributed by atoms with Gasteiger partial charge < -0.3 is 10.5 Å². The van der Waals surface area contributed by atoms with Crippen LogP contribution >= 0.6 is 0 Å². The van der Waals surface area contributed by atoms with Crippen molar-refractivity contribution in [2.24, 2.45) is 5.73 Å². The van der Waals surface area contributed by atoms with Crippen molar-refractivity contribution in [2.45, 2.75) is 32.0 Å². The lowest BCUT2D eigenvalue weighted by Gasteiger charge is -2.36. The molecule has 0 saturated carbocycles. The first-order chi connectivity index (χ1) is 8.18. The molecule has 1 aromatic rings. The second kappa shape index (κ2) is 5.63. The summed E-state index contributed by atoms with van der Waals surface area (Å²) in [5.74, 6) is 0. The van der Waals surface area contributed by atoms with Crippen LogP contribution in [0, 0.1) is 6.92 Å². The van der Waals surface area contributed by atoms with Gasteiger partial charge in [0.05, 0.1) is 6.61 Å². The molecule has 1 fully saturated rings. The smallest absolute Gasteiger partial charge is 0.0636 e. The first-order valence-corrected chi connectivity index (χ1v) is 6.26. The molecule has 0 spiro atoms. The van der Waals surface area contributed by atoms with Crippen LogP contribution < -0.4 is 5.73 Å². The predicted molar refractivity (Wildman–Crippen MR) is 69.8 cm³/mol. The number of aryl methyl sites for hydroxylation is 1. The molecule has 0 aromatic heterocycles. The summed E-state index contributed by atoms with van der Waals surface area (Å²) in [6.45, 7) is 4.65. The number of likely N-dealkylation sites (N-methyl/N-ethyl adjacent to an activating group) is 1. The van der Waals surface area contributed by atoms with Crippen LogP contribution in [-0.4, -0.2) is 37.2 Å². The molecule has 94 valence electrons. The van der Waals surface area contributed by atoms with Gasteiger partial charge in [0.2, 0.25) is 0 Å². The Bertz CT molecular complexity index is 367. The van der Waals surface area contributed by atoms with Gasteiger partial charge in [0.1, 0.15) is 0 Å². The van der Waals surface area contributed by atoms with E-state index in [-0.39, 0.29) is 6.04 Å². The van der Waals surface area contributed by atoms with E-state index in [2.05, 4.69) is 43.1 Å². The Morgan fingerprint density at radius 1 is 1.41 bits per heavy atom. The highest BCUT2D eigenvalue weighted by Crippen LogP contribution is 2.16. The fourth-order valence-electron chi connectivity index (χ4n) is 2.37. The molecule has 2 atom stereocenters. The molecule has 3 heteroatoms. The maximum absolute atomic E-state index is 6.15. The van der Waals surface area contributed by atoms with E-state index in [0.717, 1.165) is 26.2 Å². The van der Waals surface area contributed by atoms with Crippen LogP contribution in [0.2, 0.25) is 0 Å². The third-order valence-electron chi connectivity index (χ3n) is 3.63. The molecule has 0 aliphatic carbocycles. The summed E-state index contributed by atoms with van der Waals surface area (Å²) in [6, 6.07) is 9.07. The van der Waals surface area contributed by atoms with Gasteiger partial charge in [0.15, 0.2) is 0 Å². The Hall–Kier alpha value is -0.900. The summed E-state index contributed by atoms with van der Waals surface area (Å²) < 4.78 is 5.52. The average molecular weight is 234 g/mol. The standard InChI is InChI=1S/C14H22N2O/c1-11-5-3-4-6-12(11)9-16(2)14-10-17-8-7-13(14)15/h3-6,13-14H,7-10,15H2,1-2H3. The van der Waals surface area contributed by atoms with Crippen molar-refractivity contribution in [3.63, 3.8) is 0 Å². The molecule has 2 unspecified atom stereocenters. The Morgan fingerprint density at radius 2 is 2.18 bits per heavy atom. The zero-order valence-corrected chi connectivity index (χ0v) is 10.7. The summed E-state index contributed by atoms with van der Waals surface area (Å²) in [5, 5.41) is 0. The fraction of sp³-hybridized carbons (Fsp3) is 0.571. The number of nitrogens with two attached hydrogens (primary N) is 1. The molecular weight excluding hydrogens is 212 g/mol. The van der Waals surface area contributed by atoms with E-state index >= 15 is 0 Å². The average Bonchev–Trinajstić information content (AvgIpc) is 2.32. The van der Waals surface area contributed by atoms with E-state index in [1.165, 1.54) is 11.1 Å². The molecule has 2 rings (SSSR count). The van der Waals surface area contributed by atoms with Crippen molar-refractivity contribution >= 4 is 0 Å². The van der Waals surface area contributed by atoms with Gasteiger partial charge >= 0.3 is 0 Å². The van der Waals surface area contributed by atoms with Crippen molar-refractivity contribution in [3.8, 4) is 0 Å². The second-order valence-electron chi connectivity index (χ2n) is 4.94. The van der Waals surface area contributed by atoms with Gasteiger partial charge in [0.25, 0.3) is 0 Å². The number of hydrogen-bond acceptors (Lipinski definition) is 3. The van der Waals surface area contributed by atoms with Gasteiger partial charge in [-0.05, 0) is 31.5 Å². The Kier molecular flexibility index (Phi) is 4.15. The summed E-state index contributed by atoms with van der Waals surface area (Å²) in [4.78, 5) is 2.31. The van der Waals surface area contributed by atoms with Gasteiger partial charge in [-0.2, -0.15) is 0 Å². The van der Waals surface area contributed by atoms with Crippen LogP contribution in [0.1, 0.15) is 17.5 Å². The zero-order valence-electron chi connectivity index (χ0n) is 10.7. The maximum Gasteiger partial charge on any atom is 0.0636 e. The van der Waals surface area contributed by atoms with Gasteiger partial charge in [-0.3, -0.25) is 4.90 Å². The van der Waals surface area contributed by atoms with E-state index in [1.807, 2.05) is 0 Å². The van der Waals surface area contributed by atoms with Gasteiger partial charge in [-0.1, -0.05) is 24.3 Å². The van der Waals surface area contributed by atoms with E-state index in [1.54, 1.807) is 0 Å². The highest BCUT2D eigenvalue weighted by Gasteiger charge is 2.26. The van der Waals surface area contributed by atoms with Gasteiger partial charge in [-0.25, -0.2) is 0 Å². The predicted octanol–water partition coefficient (Wildman–Crippen LogP) is 1.54. The van der Waals surface area contributed by atoms with Crippen LogP contribution in [0.15, 0.2) is 24.3 Å². The number of rotatable bonds is 3. The number of ether oxygens (including phenoxy) is 1. The highest BCUT2D eigenvalue weighted by molar-refractivity contribution is 5.25. The molecule has 3 nitrogen and oxygen atoms in total. The first-order valence-electron chi connectivity index (χ1n) is 6.26. The molecule has 1 heterocycles. The minimum Gasteiger partial charge on any atom is -0.380 e. The summed E-state index contributed by atoms with van der Waals surface area (Å²) >= 11 is 0. The summed E-state index contributed by atoms with van der Waals surface area (Å²) in [5.41, 5.74) is 8.86. The number of hydrogen-bond donors (Lipinski definition) is 1. The minimum atomic E-state index is 0.234. The number of benzene rings is 1. The molecule has 1 aliphatic heterocycles. The van der Waals surface area contributed by atoms with Gasteiger partial charge in [-0.15, -0.1) is 0 Å². The fourth-order valence-corrected chi connectivity index (χ4v) is 2.37. The SMILES string of the molecule is Cc1ccccc1CN(C)C1COCCC1N. The molecule has 0 radical (unpaired) electrons. The molecule has 1 aromatic carbocycles. The Morgan fingerprint density at radius 3 is 2.88 bits per heavy atom. The molecule has 0 bridgehead atoms. The largest absolute Gasteiger partial charge is 0.380 e. The van der Waals surface area contributed by atoms with E-state index in [0.29, 0.717) is 6.04 Å². The van der Waals surface area contributed by atoms with Crippen LogP contribution in [0.5, 0.6) is 0 Å². The molecule has 17 heavy (non-hydrogen) atoms. The first kappa shape index (κ1) is 12.6. The van der Waals surface area contributed by atoms with E-state index in [4.69, 9.17) is 10.5 Å². The minimum absolute atomic E-state index is 0.234. The van der Waals surface area contributed by atoms with Crippen molar-refractivity contribution < 1.29 is 4.74 Å². The monoisotopic (exact) mass is 234 g/mol. The van der Waals surface area contributed by atoms with Crippen molar-refractivity contribution in [1.29, 1.82) is 0 Å². The lowest BCUT2D eigenvalue weighted by atomic mass is 10.0. The maximum atomic E-state index is 6.15. The normalized spacial score (nSPS) is 25.2. The lowest BCUT2D eigenvalue weighted by molar-refractivity contribution is 0.0126. The molecule has 1 saturated heterocycles. The molecule has 0 amide bonds. The molecule has 2 N–H and O–H groups in total. The zero-order chi connectivity index (χ0) is 12.3. The van der Waals surface area contributed by atoms with Crippen molar-refractivity contribution in [2.75, 3.05) is 20.3 Å². The quantitative estimate of drug-likeness (QED) is 0.862. The third-order valence-corrected chi connectivity index (χ3v) is 3.63. The second-order valence-corrected chi connectivity index (χ2v) is 4.94. The van der Waals surface area contributed by atoms with E-state index in [9.17, 15) is 0 Å². The number of nitrogens with zero attached hydrogens (tertiary/aromatic N) is 1.